The first-order chi connectivity index (χ1) is 9.49. The number of amides is 2. The van der Waals surface area contributed by atoms with Gasteiger partial charge in [0.05, 0.1) is 0 Å². The van der Waals surface area contributed by atoms with Crippen molar-refractivity contribution in [1.29, 1.82) is 0 Å². The van der Waals surface area contributed by atoms with Gasteiger partial charge in [0, 0.05) is 18.7 Å². The van der Waals surface area contributed by atoms with E-state index < -0.39 is 5.97 Å². The summed E-state index contributed by atoms with van der Waals surface area (Å²) in [5.74, 6) is -0.773. The number of rotatable bonds is 7. The maximum absolute atomic E-state index is 11.7. The molecule has 0 aliphatic carbocycles. The number of hydrogen-bond donors (Lipinski definition) is 3. The maximum atomic E-state index is 11.7. The summed E-state index contributed by atoms with van der Waals surface area (Å²) in [7, 11) is 0. The monoisotopic (exact) mass is 278 g/mol. The van der Waals surface area contributed by atoms with Crippen LogP contribution in [-0.4, -0.2) is 23.7 Å². The van der Waals surface area contributed by atoms with E-state index in [0.717, 1.165) is 29.7 Å². The highest BCUT2D eigenvalue weighted by Gasteiger charge is 2.04. The zero-order valence-corrected chi connectivity index (χ0v) is 12.0. The number of urea groups is 1. The molecule has 0 saturated carbocycles. The number of anilines is 1. The smallest absolute Gasteiger partial charge is 0.319 e. The quantitative estimate of drug-likeness (QED) is 0.671. The van der Waals surface area contributed by atoms with Crippen molar-refractivity contribution in [2.75, 3.05) is 11.9 Å². The molecule has 0 unspecified atom stereocenters. The average molecular weight is 278 g/mol. The molecule has 5 heteroatoms. The van der Waals surface area contributed by atoms with Gasteiger partial charge in [0.1, 0.15) is 0 Å². The number of aryl methyl sites for hydroxylation is 2. The predicted octanol–water partition coefficient (Wildman–Crippen LogP) is 3.07. The van der Waals surface area contributed by atoms with E-state index in [-0.39, 0.29) is 12.5 Å². The third-order valence-corrected chi connectivity index (χ3v) is 2.99. The van der Waals surface area contributed by atoms with Crippen molar-refractivity contribution in [2.45, 2.75) is 39.5 Å². The Balaban J connectivity index is 2.23. The van der Waals surface area contributed by atoms with Crippen LogP contribution in [0.3, 0.4) is 0 Å². The number of nitrogens with one attached hydrogen (secondary N) is 2. The molecule has 1 rings (SSSR count). The molecule has 110 valence electrons. The van der Waals surface area contributed by atoms with Crippen molar-refractivity contribution < 1.29 is 14.7 Å². The summed E-state index contributed by atoms with van der Waals surface area (Å²) in [4.78, 5) is 22.0. The van der Waals surface area contributed by atoms with Gasteiger partial charge in [0.2, 0.25) is 0 Å². The highest BCUT2D eigenvalue weighted by Crippen LogP contribution is 2.15. The van der Waals surface area contributed by atoms with Crippen molar-refractivity contribution in [1.82, 2.24) is 5.32 Å². The predicted molar refractivity (Wildman–Crippen MR) is 79.0 cm³/mol. The van der Waals surface area contributed by atoms with Crippen LogP contribution >= 0.6 is 0 Å². The summed E-state index contributed by atoms with van der Waals surface area (Å²) in [6.45, 7) is 4.47. The molecule has 1 aromatic rings. The SMILES string of the molecule is Cc1ccc(C)c(NC(=O)NCCCCCC(=O)O)c1. The maximum Gasteiger partial charge on any atom is 0.319 e. The third-order valence-electron chi connectivity index (χ3n) is 2.99. The van der Waals surface area contributed by atoms with Crippen LogP contribution in [0.2, 0.25) is 0 Å². The first-order valence-corrected chi connectivity index (χ1v) is 6.83. The minimum Gasteiger partial charge on any atom is -0.481 e. The summed E-state index contributed by atoms with van der Waals surface area (Å²) in [6.07, 6.45) is 2.42. The first-order valence-electron chi connectivity index (χ1n) is 6.83. The van der Waals surface area contributed by atoms with Crippen LogP contribution < -0.4 is 10.6 Å². The van der Waals surface area contributed by atoms with Gasteiger partial charge in [-0.3, -0.25) is 4.79 Å². The minimum atomic E-state index is -0.773. The van der Waals surface area contributed by atoms with Crippen molar-refractivity contribution >= 4 is 17.7 Å². The number of carboxylic acids is 1. The van der Waals surface area contributed by atoms with Crippen LogP contribution in [0.4, 0.5) is 10.5 Å². The molecule has 3 N–H and O–H groups in total. The molecule has 2 amide bonds. The normalized spacial score (nSPS) is 10.1. The van der Waals surface area contributed by atoms with E-state index in [1.165, 1.54) is 0 Å². The largest absolute Gasteiger partial charge is 0.481 e. The zero-order valence-electron chi connectivity index (χ0n) is 12.0. The lowest BCUT2D eigenvalue weighted by Gasteiger charge is -2.10. The van der Waals surface area contributed by atoms with Crippen LogP contribution in [0.25, 0.3) is 0 Å². The van der Waals surface area contributed by atoms with Crippen LogP contribution in [0.5, 0.6) is 0 Å². The molecule has 0 aliphatic heterocycles. The van der Waals surface area contributed by atoms with Gasteiger partial charge < -0.3 is 15.7 Å². The molecule has 0 saturated heterocycles. The fraction of sp³-hybridized carbons (Fsp3) is 0.467. The molecule has 20 heavy (non-hydrogen) atoms. The van der Waals surface area contributed by atoms with Crippen LogP contribution in [0.1, 0.15) is 36.8 Å². The summed E-state index contributed by atoms with van der Waals surface area (Å²) in [6, 6.07) is 5.68. The topological polar surface area (TPSA) is 78.4 Å². The van der Waals surface area contributed by atoms with Crippen molar-refractivity contribution in [3.63, 3.8) is 0 Å². The van der Waals surface area contributed by atoms with Crippen LogP contribution in [0.15, 0.2) is 18.2 Å². The van der Waals surface area contributed by atoms with Gasteiger partial charge in [0.15, 0.2) is 0 Å². The Hall–Kier alpha value is -2.04. The van der Waals surface area contributed by atoms with Gasteiger partial charge in [-0.15, -0.1) is 0 Å². The van der Waals surface area contributed by atoms with E-state index in [9.17, 15) is 9.59 Å². The molecule has 0 aromatic heterocycles. The van der Waals surface area contributed by atoms with E-state index in [1.54, 1.807) is 0 Å². The van der Waals surface area contributed by atoms with E-state index in [4.69, 9.17) is 5.11 Å². The minimum absolute atomic E-state index is 0.189. The van der Waals surface area contributed by atoms with E-state index in [1.807, 2.05) is 32.0 Å². The number of unbranched alkanes of at least 4 members (excludes halogenated alkanes) is 2. The van der Waals surface area contributed by atoms with Gasteiger partial charge in [-0.25, -0.2) is 4.79 Å². The van der Waals surface area contributed by atoms with Gasteiger partial charge >= 0.3 is 12.0 Å². The summed E-state index contributed by atoms with van der Waals surface area (Å²) in [5.41, 5.74) is 2.93. The van der Waals surface area contributed by atoms with Crippen molar-refractivity contribution in [2.24, 2.45) is 0 Å². The van der Waals surface area contributed by atoms with Crippen LogP contribution in [-0.2, 0) is 4.79 Å². The van der Waals surface area contributed by atoms with E-state index in [2.05, 4.69) is 10.6 Å². The molecule has 5 nitrogen and oxygen atoms in total. The number of hydrogen-bond acceptors (Lipinski definition) is 2. The van der Waals surface area contributed by atoms with Gasteiger partial charge in [-0.05, 0) is 43.9 Å². The highest BCUT2D eigenvalue weighted by molar-refractivity contribution is 5.90. The Bertz CT molecular complexity index is 472. The Labute approximate surface area is 119 Å². The van der Waals surface area contributed by atoms with Crippen molar-refractivity contribution in [3.05, 3.63) is 29.3 Å². The molecule has 1 aromatic carbocycles. The van der Waals surface area contributed by atoms with E-state index in [0.29, 0.717) is 13.0 Å². The zero-order chi connectivity index (χ0) is 15.0. The number of carboxylic acid groups (broad SMARTS) is 1. The van der Waals surface area contributed by atoms with Gasteiger partial charge in [-0.2, -0.15) is 0 Å². The molecular formula is C15H22N2O3. The Morgan fingerprint density at radius 1 is 1.15 bits per heavy atom. The third kappa shape index (κ3) is 6.22. The van der Waals surface area contributed by atoms with Gasteiger partial charge in [-0.1, -0.05) is 18.6 Å². The lowest BCUT2D eigenvalue weighted by atomic mass is 10.1. The standard InChI is InChI=1S/C15H22N2O3/c1-11-7-8-12(2)13(10-11)17-15(20)16-9-5-3-4-6-14(18)19/h7-8,10H,3-6,9H2,1-2H3,(H,18,19)(H2,16,17,20). The fourth-order valence-electron chi connectivity index (χ4n) is 1.82. The summed E-state index contributed by atoms with van der Waals surface area (Å²) < 4.78 is 0. The molecule has 0 radical (unpaired) electrons. The Kier molecular flexibility index (Phi) is 6.56. The Morgan fingerprint density at radius 2 is 1.90 bits per heavy atom. The molecule has 0 aliphatic rings. The number of carbonyl (C=O) groups is 2. The van der Waals surface area contributed by atoms with Crippen molar-refractivity contribution in [3.8, 4) is 0 Å². The molecular weight excluding hydrogens is 256 g/mol. The molecule has 0 bridgehead atoms. The first kappa shape index (κ1) is 16.0. The highest BCUT2D eigenvalue weighted by atomic mass is 16.4. The second kappa shape index (κ2) is 8.19. The molecule has 0 fully saturated rings. The lowest BCUT2D eigenvalue weighted by molar-refractivity contribution is -0.137. The molecule has 0 heterocycles. The molecule has 0 spiro atoms. The van der Waals surface area contributed by atoms with Crippen LogP contribution in [0, 0.1) is 13.8 Å². The summed E-state index contributed by atoms with van der Waals surface area (Å²) in [5, 5.41) is 14.1. The number of carbonyl (C=O) groups excluding carboxylic acids is 1. The van der Waals surface area contributed by atoms with E-state index >= 15 is 0 Å². The second-order valence-corrected chi connectivity index (χ2v) is 4.90. The summed E-state index contributed by atoms with van der Waals surface area (Å²) >= 11 is 0. The number of aliphatic carboxylic acids is 1. The van der Waals surface area contributed by atoms with Gasteiger partial charge in [0.25, 0.3) is 0 Å². The average Bonchev–Trinajstić information content (AvgIpc) is 2.37. The molecule has 0 atom stereocenters. The Morgan fingerprint density at radius 3 is 2.60 bits per heavy atom. The second-order valence-electron chi connectivity index (χ2n) is 4.90. The fourth-order valence-corrected chi connectivity index (χ4v) is 1.82. The lowest BCUT2D eigenvalue weighted by Crippen LogP contribution is -2.29. The number of benzene rings is 1.